The van der Waals surface area contributed by atoms with Crippen LogP contribution in [0, 0.1) is 22.0 Å². The van der Waals surface area contributed by atoms with Crippen LogP contribution in [0.2, 0.25) is 0 Å². The maximum absolute atomic E-state index is 10.7. The third-order valence-corrected chi connectivity index (χ3v) is 2.58. The van der Waals surface area contributed by atoms with Crippen molar-refractivity contribution >= 4 is 5.97 Å². The van der Waals surface area contributed by atoms with E-state index in [4.69, 9.17) is 10.2 Å². The van der Waals surface area contributed by atoms with Crippen LogP contribution in [0.25, 0.3) is 0 Å². The van der Waals surface area contributed by atoms with Crippen molar-refractivity contribution < 1.29 is 25.0 Å². The molecule has 0 aliphatic heterocycles. The summed E-state index contributed by atoms with van der Waals surface area (Å²) < 4.78 is 0. The monoisotopic (exact) mass is 205 g/mol. The van der Waals surface area contributed by atoms with E-state index in [9.17, 15) is 20.0 Å². The molecule has 1 saturated carbocycles. The molecule has 0 heterocycles. The van der Waals surface area contributed by atoms with Crippen molar-refractivity contribution in [2.24, 2.45) is 11.8 Å². The van der Waals surface area contributed by atoms with E-state index in [1.807, 2.05) is 0 Å². The molecular weight excluding hydrogens is 194 g/mol. The second kappa shape index (κ2) is 3.89. The number of nitro groups is 1. The zero-order valence-electron chi connectivity index (χ0n) is 7.24. The highest BCUT2D eigenvalue weighted by Crippen LogP contribution is 2.34. The first kappa shape index (κ1) is 10.9. The van der Waals surface area contributed by atoms with Gasteiger partial charge < -0.3 is 15.3 Å². The van der Waals surface area contributed by atoms with E-state index in [0.29, 0.717) is 0 Å². The quantitative estimate of drug-likeness (QED) is 0.389. The number of hydrogen-bond acceptors (Lipinski definition) is 5. The highest BCUT2D eigenvalue weighted by molar-refractivity contribution is 5.71. The molecule has 1 fully saturated rings. The summed E-state index contributed by atoms with van der Waals surface area (Å²) in [6.07, 6.45) is -1.33. The Balaban J connectivity index is 2.91. The maximum Gasteiger partial charge on any atom is 0.314 e. The number of nitrogens with zero attached hydrogens (tertiary/aromatic N) is 1. The van der Waals surface area contributed by atoms with Gasteiger partial charge in [0.1, 0.15) is 12.0 Å². The molecule has 0 saturated heterocycles. The van der Waals surface area contributed by atoms with E-state index in [-0.39, 0.29) is 6.42 Å². The molecule has 0 aromatic rings. The number of aliphatic hydroxyl groups excluding tert-OH is 2. The van der Waals surface area contributed by atoms with Gasteiger partial charge in [-0.25, -0.2) is 0 Å². The molecule has 0 aromatic carbocycles. The molecule has 0 aromatic heterocycles. The average Bonchev–Trinajstić information content (AvgIpc) is 2.41. The van der Waals surface area contributed by atoms with Crippen LogP contribution in [0.5, 0.6) is 0 Å². The summed E-state index contributed by atoms with van der Waals surface area (Å²) >= 11 is 0. The fourth-order valence-corrected chi connectivity index (χ4v) is 1.92. The van der Waals surface area contributed by atoms with Crippen molar-refractivity contribution in [1.82, 2.24) is 0 Å². The first-order valence-electron chi connectivity index (χ1n) is 4.14. The molecule has 1 aliphatic rings. The third-order valence-electron chi connectivity index (χ3n) is 2.58. The number of hydrogen-bond donors (Lipinski definition) is 3. The number of carboxylic acids is 1. The summed E-state index contributed by atoms with van der Waals surface area (Å²) in [7, 11) is 0. The molecular formula is C7H11NO6. The Kier molecular flexibility index (Phi) is 3.02. The molecule has 80 valence electrons. The lowest BCUT2D eigenvalue weighted by Gasteiger charge is -2.13. The highest BCUT2D eigenvalue weighted by Gasteiger charge is 2.53. The van der Waals surface area contributed by atoms with Crippen LogP contribution in [0.4, 0.5) is 0 Å². The smallest absolute Gasteiger partial charge is 0.314 e. The van der Waals surface area contributed by atoms with Crippen molar-refractivity contribution in [2.45, 2.75) is 18.6 Å². The van der Waals surface area contributed by atoms with Crippen molar-refractivity contribution in [3.05, 3.63) is 10.1 Å². The van der Waals surface area contributed by atoms with Crippen LogP contribution >= 0.6 is 0 Å². The van der Waals surface area contributed by atoms with Crippen molar-refractivity contribution in [3.63, 3.8) is 0 Å². The predicted molar refractivity (Wildman–Crippen MR) is 43.1 cm³/mol. The van der Waals surface area contributed by atoms with Gasteiger partial charge >= 0.3 is 5.97 Å². The fraction of sp³-hybridized carbons (Fsp3) is 0.857. The molecule has 7 nitrogen and oxygen atoms in total. The molecule has 7 heteroatoms. The lowest BCUT2D eigenvalue weighted by atomic mass is 9.95. The normalized spacial score (nSPS) is 37.0. The Labute approximate surface area is 79.1 Å². The van der Waals surface area contributed by atoms with E-state index in [1.165, 1.54) is 0 Å². The van der Waals surface area contributed by atoms with Crippen LogP contribution in [-0.4, -0.2) is 45.0 Å². The van der Waals surface area contributed by atoms with Gasteiger partial charge in [-0.2, -0.15) is 0 Å². The van der Waals surface area contributed by atoms with Gasteiger partial charge in [-0.15, -0.1) is 0 Å². The standard InChI is InChI=1S/C7H11NO6/c9-2-3-1-4(10)6(8(13)14)5(3)7(11)12/h3-6,9-10H,1-2H2,(H,11,12)/t3-,4?,5?,6?/m0/s1. The van der Waals surface area contributed by atoms with Crippen LogP contribution in [0.3, 0.4) is 0 Å². The fourth-order valence-electron chi connectivity index (χ4n) is 1.92. The molecule has 14 heavy (non-hydrogen) atoms. The van der Waals surface area contributed by atoms with Gasteiger partial charge in [0.05, 0.1) is 0 Å². The van der Waals surface area contributed by atoms with Gasteiger partial charge in [0.25, 0.3) is 6.04 Å². The van der Waals surface area contributed by atoms with E-state index in [1.54, 1.807) is 0 Å². The second-order valence-electron chi connectivity index (χ2n) is 3.39. The first-order chi connectivity index (χ1) is 6.49. The molecule has 3 unspecified atom stereocenters. The van der Waals surface area contributed by atoms with Gasteiger partial charge in [-0.1, -0.05) is 0 Å². The van der Waals surface area contributed by atoms with Crippen molar-refractivity contribution in [3.8, 4) is 0 Å². The van der Waals surface area contributed by atoms with Gasteiger partial charge in [-0.05, 0) is 6.42 Å². The molecule has 0 amide bonds. The van der Waals surface area contributed by atoms with Gasteiger partial charge in [0.2, 0.25) is 0 Å². The molecule has 1 aliphatic carbocycles. The zero-order chi connectivity index (χ0) is 10.9. The summed E-state index contributed by atoms with van der Waals surface area (Å²) in [6, 6.07) is -1.51. The van der Waals surface area contributed by atoms with Crippen molar-refractivity contribution in [1.29, 1.82) is 0 Å². The first-order valence-corrected chi connectivity index (χ1v) is 4.14. The Morgan fingerprint density at radius 2 is 2.14 bits per heavy atom. The minimum absolute atomic E-state index is 0.0425. The SMILES string of the molecule is O=C(O)C1C([N+](=O)[O-])C(O)C[C@H]1CO. The summed E-state index contributed by atoms with van der Waals surface area (Å²) in [4.78, 5) is 20.4. The number of aliphatic carboxylic acids is 1. The summed E-state index contributed by atoms with van der Waals surface area (Å²) in [5, 5.41) is 37.3. The molecule has 0 radical (unpaired) electrons. The highest BCUT2D eigenvalue weighted by atomic mass is 16.6. The lowest BCUT2D eigenvalue weighted by Crippen LogP contribution is -2.39. The number of carbonyl (C=O) groups is 1. The van der Waals surface area contributed by atoms with E-state index in [0.717, 1.165) is 0 Å². The number of rotatable bonds is 3. The van der Waals surface area contributed by atoms with Crippen LogP contribution in [-0.2, 0) is 4.79 Å². The second-order valence-corrected chi connectivity index (χ2v) is 3.39. The van der Waals surface area contributed by atoms with E-state index in [2.05, 4.69) is 0 Å². The lowest BCUT2D eigenvalue weighted by molar-refractivity contribution is -0.537. The number of aliphatic hydroxyl groups is 2. The topological polar surface area (TPSA) is 121 Å². The van der Waals surface area contributed by atoms with E-state index < -0.39 is 41.5 Å². The zero-order valence-corrected chi connectivity index (χ0v) is 7.24. The van der Waals surface area contributed by atoms with Crippen LogP contribution < -0.4 is 0 Å². The van der Waals surface area contributed by atoms with E-state index >= 15 is 0 Å². The minimum atomic E-state index is -1.51. The molecule has 0 spiro atoms. The minimum Gasteiger partial charge on any atom is -0.481 e. The molecule has 1 rings (SSSR count). The third kappa shape index (κ3) is 1.68. The van der Waals surface area contributed by atoms with Gasteiger partial charge in [0.15, 0.2) is 0 Å². The molecule has 0 bridgehead atoms. The molecule has 3 N–H and O–H groups in total. The van der Waals surface area contributed by atoms with Gasteiger partial charge in [-0.3, -0.25) is 14.9 Å². The Hall–Kier alpha value is -1.21. The maximum atomic E-state index is 10.7. The van der Waals surface area contributed by atoms with Crippen molar-refractivity contribution in [2.75, 3.05) is 6.61 Å². The Morgan fingerprint density at radius 3 is 2.50 bits per heavy atom. The summed E-state index contributed by atoms with van der Waals surface area (Å²) in [5.74, 6) is -3.38. The molecule has 4 atom stereocenters. The Bertz CT molecular complexity index is 255. The van der Waals surface area contributed by atoms with Gasteiger partial charge in [0, 0.05) is 17.4 Å². The number of carboxylic acid groups (broad SMARTS) is 1. The Morgan fingerprint density at radius 1 is 1.57 bits per heavy atom. The predicted octanol–water partition coefficient (Wildman–Crippen LogP) is -1.29. The van der Waals surface area contributed by atoms with Crippen LogP contribution in [0.15, 0.2) is 0 Å². The summed E-state index contributed by atoms with van der Waals surface area (Å²) in [6.45, 7) is -0.460. The largest absolute Gasteiger partial charge is 0.481 e. The van der Waals surface area contributed by atoms with Crippen LogP contribution in [0.1, 0.15) is 6.42 Å². The average molecular weight is 205 g/mol. The summed E-state index contributed by atoms with van der Waals surface area (Å²) in [5.41, 5.74) is 0.